The molecule has 3 aromatic heterocycles. The summed E-state index contributed by atoms with van der Waals surface area (Å²) in [5.41, 5.74) is 3.92. The number of benzene rings is 1. The van der Waals surface area contributed by atoms with E-state index in [9.17, 15) is 0 Å². The van der Waals surface area contributed by atoms with Crippen LogP contribution in [-0.2, 0) is 0 Å². The number of para-hydroxylation sites is 2. The Balaban J connectivity index is 2.34. The van der Waals surface area contributed by atoms with Crippen molar-refractivity contribution < 1.29 is 0 Å². The Labute approximate surface area is 96.6 Å². The lowest BCUT2D eigenvalue weighted by molar-refractivity contribution is 1.19. The van der Waals surface area contributed by atoms with Crippen molar-refractivity contribution in [1.82, 2.24) is 19.4 Å². The second kappa shape index (κ2) is 3.01. The van der Waals surface area contributed by atoms with Gasteiger partial charge in [-0.3, -0.25) is 4.40 Å². The van der Waals surface area contributed by atoms with Crippen LogP contribution in [0.1, 0.15) is 0 Å². The summed E-state index contributed by atoms with van der Waals surface area (Å²) >= 11 is 0. The van der Waals surface area contributed by atoms with E-state index in [1.54, 1.807) is 6.33 Å². The zero-order valence-corrected chi connectivity index (χ0v) is 8.91. The fourth-order valence-corrected chi connectivity index (χ4v) is 2.17. The lowest BCUT2D eigenvalue weighted by Crippen LogP contribution is -1.88. The molecule has 0 bridgehead atoms. The fourth-order valence-electron chi connectivity index (χ4n) is 2.17. The van der Waals surface area contributed by atoms with Gasteiger partial charge in [-0.25, -0.2) is 15.0 Å². The molecule has 0 spiro atoms. The van der Waals surface area contributed by atoms with Crippen LogP contribution in [-0.4, -0.2) is 19.4 Å². The second-order valence-electron chi connectivity index (χ2n) is 3.93. The predicted octanol–water partition coefficient (Wildman–Crippen LogP) is 2.43. The normalized spacial score (nSPS) is 11.5. The highest BCUT2D eigenvalue weighted by atomic mass is 15.0. The standard InChI is InChI=1S/C13H8N4/c1-2-4-12-11(3-1)16-13-9-7-14-8-15-10(9)5-6-17(12)13/h1-8H. The quantitative estimate of drug-likeness (QED) is 0.457. The highest BCUT2D eigenvalue weighted by molar-refractivity contribution is 5.95. The number of rotatable bonds is 0. The molecule has 3 heterocycles. The molecule has 1 aromatic carbocycles. The molecule has 0 unspecified atom stereocenters. The van der Waals surface area contributed by atoms with E-state index in [0.29, 0.717) is 0 Å². The summed E-state index contributed by atoms with van der Waals surface area (Å²) < 4.78 is 2.07. The number of hydrogen-bond donors (Lipinski definition) is 0. The zero-order valence-electron chi connectivity index (χ0n) is 8.91. The lowest BCUT2D eigenvalue weighted by atomic mass is 10.3. The average molecular weight is 220 g/mol. The maximum absolute atomic E-state index is 4.63. The summed E-state index contributed by atoms with van der Waals surface area (Å²) in [6.07, 6.45) is 5.37. The van der Waals surface area contributed by atoms with Crippen LogP contribution < -0.4 is 0 Å². The van der Waals surface area contributed by atoms with Gasteiger partial charge in [0.25, 0.3) is 0 Å². The molecule has 0 aliphatic carbocycles. The van der Waals surface area contributed by atoms with E-state index in [1.165, 1.54) is 0 Å². The first kappa shape index (κ1) is 8.64. The topological polar surface area (TPSA) is 43.1 Å². The molecule has 0 saturated heterocycles. The van der Waals surface area contributed by atoms with Gasteiger partial charge in [0.05, 0.1) is 21.9 Å². The molecule has 4 rings (SSSR count). The van der Waals surface area contributed by atoms with Gasteiger partial charge in [-0.1, -0.05) is 12.1 Å². The van der Waals surface area contributed by atoms with E-state index in [0.717, 1.165) is 27.6 Å². The highest BCUT2D eigenvalue weighted by Gasteiger charge is 2.07. The molecule has 17 heavy (non-hydrogen) atoms. The SMILES string of the molecule is c1ccc2c(c1)nc1c3cncnc3ccn21. The van der Waals surface area contributed by atoms with Gasteiger partial charge in [-0.05, 0) is 18.2 Å². The van der Waals surface area contributed by atoms with Crippen molar-refractivity contribution in [3.8, 4) is 0 Å². The third-order valence-electron chi connectivity index (χ3n) is 2.96. The van der Waals surface area contributed by atoms with Crippen LogP contribution >= 0.6 is 0 Å². The van der Waals surface area contributed by atoms with Crippen LogP contribution in [0.2, 0.25) is 0 Å². The van der Waals surface area contributed by atoms with Crippen LogP contribution in [0.25, 0.3) is 27.6 Å². The van der Waals surface area contributed by atoms with Crippen LogP contribution in [0, 0.1) is 0 Å². The Hall–Kier alpha value is -2.49. The zero-order chi connectivity index (χ0) is 11.2. The van der Waals surface area contributed by atoms with Gasteiger partial charge in [0.1, 0.15) is 12.0 Å². The number of imidazole rings is 1. The molecule has 80 valence electrons. The van der Waals surface area contributed by atoms with Gasteiger partial charge >= 0.3 is 0 Å². The minimum atomic E-state index is 0.907. The highest BCUT2D eigenvalue weighted by Crippen LogP contribution is 2.21. The largest absolute Gasteiger partial charge is 0.299 e. The fraction of sp³-hybridized carbons (Fsp3) is 0. The molecular formula is C13H8N4. The van der Waals surface area contributed by atoms with Crippen molar-refractivity contribution in [2.24, 2.45) is 0 Å². The third-order valence-corrected chi connectivity index (χ3v) is 2.96. The molecule has 4 nitrogen and oxygen atoms in total. The summed E-state index contributed by atoms with van der Waals surface area (Å²) in [4.78, 5) is 12.9. The average Bonchev–Trinajstić information content (AvgIpc) is 2.78. The lowest BCUT2D eigenvalue weighted by Gasteiger charge is -1.98. The first-order valence-electron chi connectivity index (χ1n) is 5.39. The molecule has 0 radical (unpaired) electrons. The Bertz CT molecular complexity index is 848. The van der Waals surface area contributed by atoms with Gasteiger partial charge in [-0.2, -0.15) is 0 Å². The Morgan fingerprint density at radius 3 is 2.94 bits per heavy atom. The number of nitrogens with zero attached hydrogens (tertiary/aromatic N) is 4. The molecule has 0 fully saturated rings. The number of hydrogen-bond acceptors (Lipinski definition) is 3. The summed E-state index contributed by atoms with van der Waals surface area (Å²) in [5.74, 6) is 0. The minimum absolute atomic E-state index is 0.907. The Kier molecular flexibility index (Phi) is 1.53. The van der Waals surface area contributed by atoms with E-state index in [4.69, 9.17) is 0 Å². The number of pyridine rings is 1. The van der Waals surface area contributed by atoms with Crippen molar-refractivity contribution >= 4 is 27.6 Å². The molecule has 0 N–H and O–H groups in total. The smallest absolute Gasteiger partial charge is 0.148 e. The number of aromatic nitrogens is 4. The maximum atomic E-state index is 4.63. The number of fused-ring (bicyclic) bond motifs is 5. The monoisotopic (exact) mass is 220 g/mol. The van der Waals surface area contributed by atoms with Crippen LogP contribution in [0.4, 0.5) is 0 Å². The van der Waals surface area contributed by atoms with Gasteiger partial charge < -0.3 is 0 Å². The molecular weight excluding hydrogens is 212 g/mol. The summed E-state index contributed by atoms with van der Waals surface area (Å²) in [6, 6.07) is 10.1. The Morgan fingerprint density at radius 2 is 1.94 bits per heavy atom. The molecule has 4 heteroatoms. The first-order valence-corrected chi connectivity index (χ1v) is 5.39. The minimum Gasteiger partial charge on any atom is -0.299 e. The van der Waals surface area contributed by atoms with E-state index in [1.807, 2.05) is 36.7 Å². The second-order valence-corrected chi connectivity index (χ2v) is 3.93. The molecule has 0 aliphatic rings. The van der Waals surface area contributed by atoms with Crippen molar-refractivity contribution in [2.75, 3.05) is 0 Å². The molecule has 0 aliphatic heterocycles. The van der Waals surface area contributed by atoms with Gasteiger partial charge in [0.15, 0.2) is 0 Å². The molecule has 0 saturated carbocycles. The molecule has 0 amide bonds. The van der Waals surface area contributed by atoms with Crippen molar-refractivity contribution in [3.05, 3.63) is 49.1 Å². The van der Waals surface area contributed by atoms with Crippen molar-refractivity contribution in [1.29, 1.82) is 0 Å². The van der Waals surface area contributed by atoms with E-state index in [-0.39, 0.29) is 0 Å². The van der Waals surface area contributed by atoms with Crippen molar-refractivity contribution in [2.45, 2.75) is 0 Å². The third kappa shape index (κ3) is 1.09. The van der Waals surface area contributed by atoms with Crippen LogP contribution in [0.3, 0.4) is 0 Å². The van der Waals surface area contributed by atoms with Gasteiger partial charge in [0, 0.05) is 12.4 Å². The van der Waals surface area contributed by atoms with Gasteiger partial charge in [0.2, 0.25) is 0 Å². The molecule has 4 aromatic rings. The summed E-state index contributed by atoms with van der Waals surface area (Å²) in [5, 5.41) is 0.978. The maximum Gasteiger partial charge on any atom is 0.148 e. The Morgan fingerprint density at radius 1 is 1.00 bits per heavy atom. The van der Waals surface area contributed by atoms with Crippen molar-refractivity contribution in [3.63, 3.8) is 0 Å². The van der Waals surface area contributed by atoms with Gasteiger partial charge in [-0.15, -0.1) is 0 Å². The van der Waals surface area contributed by atoms with E-state index >= 15 is 0 Å². The van der Waals surface area contributed by atoms with Crippen LogP contribution in [0.15, 0.2) is 49.1 Å². The van der Waals surface area contributed by atoms with E-state index in [2.05, 4.69) is 25.4 Å². The first-order chi connectivity index (χ1) is 8.43. The summed E-state index contributed by atoms with van der Waals surface area (Å²) in [7, 11) is 0. The summed E-state index contributed by atoms with van der Waals surface area (Å²) in [6.45, 7) is 0. The predicted molar refractivity (Wildman–Crippen MR) is 65.8 cm³/mol. The van der Waals surface area contributed by atoms with E-state index < -0.39 is 0 Å². The van der Waals surface area contributed by atoms with Crippen LogP contribution in [0.5, 0.6) is 0 Å². The molecule has 0 atom stereocenters.